The van der Waals surface area contributed by atoms with E-state index in [1.165, 1.54) is 0 Å². The fourth-order valence-corrected chi connectivity index (χ4v) is 2.12. The van der Waals surface area contributed by atoms with E-state index in [1.54, 1.807) is 4.68 Å². The summed E-state index contributed by atoms with van der Waals surface area (Å²) in [6.45, 7) is 5.98. The fraction of sp³-hybridized carbons (Fsp3) is 0.400. The molecule has 1 aromatic carbocycles. The average Bonchev–Trinajstić information content (AvgIpc) is 2.92. The van der Waals surface area contributed by atoms with Crippen molar-refractivity contribution in [3.8, 4) is 0 Å². The van der Waals surface area contributed by atoms with E-state index in [9.17, 15) is 4.79 Å². The van der Waals surface area contributed by atoms with Gasteiger partial charge in [0.05, 0.1) is 6.54 Å². The highest BCUT2D eigenvalue weighted by molar-refractivity contribution is 5.95. The molecule has 0 unspecified atom stereocenters. The van der Waals surface area contributed by atoms with E-state index < -0.39 is 0 Å². The molecule has 21 heavy (non-hydrogen) atoms. The largest absolute Gasteiger partial charge is 0.379 e. The van der Waals surface area contributed by atoms with E-state index in [0.29, 0.717) is 25.2 Å². The van der Waals surface area contributed by atoms with Crippen molar-refractivity contribution < 1.29 is 4.79 Å². The first-order valence-corrected chi connectivity index (χ1v) is 7.12. The van der Waals surface area contributed by atoms with Gasteiger partial charge in [0.15, 0.2) is 0 Å². The quantitative estimate of drug-likeness (QED) is 0.881. The molecule has 0 saturated heterocycles. The molecule has 1 heterocycles. The third-order valence-electron chi connectivity index (χ3n) is 3.28. The second-order valence-electron chi connectivity index (χ2n) is 4.80. The minimum Gasteiger partial charge on any atom is -0.379 e. The smallest absolute Gasteiger partial charge is 0.253 e. The summed E-state index contributed by atoms with van der Waals surface area (Å²) in [5, 5.41) is 11.2. The number of carbonyl (C=O) groups is 1. The minimum absolute atomic E-state index is 0.0585. The molecule has 1 aromatic heterocycles. The van der Waals surface area contributed by atoms with Crippen LogP contribution in [0, 0.1) is 0 Å². The molecule has 0 aliphatic rings. The zero-order valence-corrected chi connectivity index (χ0v) is 12.7. The van der Waals surface area contributed by atoms with Gasteiger partial charge in [0.1, 0.15) is 5.69 Å². The van der Waals surface area contributed by atoms with Crippen molar-refractivity contribution in [1.82, 2.24) is 19.9 Å². The maximum Gasteiger partial charge on any atom is 0.253 e. The van der Waals surface area contributed by atoms with Gasteiger partial charge in [-0.3, -0.25) is 9.48 Å². The lowest BCUT2D eigenvalue weighted by Crippen LogP contribution is -2.30. The Labute approximate surface area is 124 Å². The van der Waals surface area contributed by atoms with Crippen LogP contribution in [0.1, 0.15) is 29.9 Å². The van der Waals surface area contributed by atoms with Crippen LogP contribution in [-0.4, -0.2) is 38.9 Å². The Morgan fingerprint density at radius 3 is 2.71 bits per heavy atom. The molecule has 0 fully saturated rings. The highest BCUT2D eigenvalue weighted by Gasteiger charge is 2.12. The Morgan fingerprint density at radius 1 is 1.33 bits per heavy atom. The predicted molar refractivity (Wildman–Crippen MR) is 82.0 cm³/mol. The van der Waals surface area contributed by atoms with E-state index in [4.69, 9.17) is 0 Å². The predicted octanol–water partition coefficient (Wildman–Crippen LogP) is 1.91. The molecule has 2 rings (SSSR count). The third kappa shape index (κ3) is 3.81. The molecular weight excluding hydrogens is 266 g/mol. The number of aryl methyl sites for hydroxylation is 1. The molecule has 0 bridgehead atoms. The number of nitrogens with zero attached hydrogens (tertiary/aromatic N) is 4. The molecule has 0 atom stereocenters. The standard InChI is InChI=1S/C15H21N5O/c1-4-20(5-2)15(21)12-7-6-8-13(9-12)16-10-14-11-19(3)18-17-14/h6-9,11,16H,4-5,10H2,1-3H3. The molecule has 1 amide bonds. The summed E-state index contributed by atoms with van der Waals surface area (Å²) in [5.74, 6) is 0.0585. The lowest BCUT2D eigenvalue weighted by atomic mass is 10.1. The second kappa shape index (κ2) is 6.88. The van der Waals surface area contributed by atoms with Gasteiger partial charge in [-0.1, -0.05) is 11.3 Å². The van der Waals surface area contributed by atoms with Gasteiger partial charge in [-0.05, 0) is 32.0 Å². The van der Waals surface area contributed by atoms with Crippen LogP contribution in [0.3, 0.4) is 0 Å². The van der Waals surface area contributed by atoms with Gasteiger partial charge in [0.2, 0.25) is 0 Å². The summed E-state index contributed by atoms with van der Waals surface area (Å²) in [7, 11) is 1.83. The molecule has 0 radical (unpaired) electrons. The van der Waals surface area contributed by atoms with Crippen molar-refractivity contribution >= 4 is 11.6 Å². The number of benzene rings is 1. The SMILES string of the molecule is CCN(CC)C(=O)c1cccc(NCc2cn(C)nn2)c1. The lowest BCUT2D eigenvalue weighted by molar-refractivity contribution is 0.0773. The van der Waals surface area contributed by atoms with Crippen molar-refractivity contribution in [2.24, 2.45) is 7.05 Å². The van der Waals surface area contributed by atoms with Crippen molar-refractivity contribution in [3.05, 3.63) is 41.7 Å². The number of rotatable bonds is 6. The van der Waals surface area contributed by atoms with Gasteiger partial charge < -0.3 is 10.2 Å². The minimum atomic E-state index is 0.0585. The van der Waals surface area contributed by atoms with Crippen LogP contribution in [0.2, 0.25) is 0 Å². The van der Waals surface area contributed by atoms with Crippen molar-refractivity contribution in [3.63, 3.8) is 0 Å². The summed E-state index contributed by atoms with van der Waals surface area (Å²) in [6.07, 6.45) is 1.86. The van der Waals surface area contributed by atoms with E-state index >= 15 is 0 Å². The average molecular weight is 287 g/mol. The number of anilines is 1. The molecule has 6 nitrogen and oxygen atoms in total. The Morgan fingerprint density at radius 2 is 2.10 bits per heavy atom. The number of nitrogens with one attached hydrogen (secondary N) is 1. The van der Waals surface area contributed by atoms with Crippen LogP contribution < -0.4 is 5.32 Å². The molecule has 1 N–H and O–H groups in total. The third-order valence-corrected chi connectivity index (χ3v) is 3.28. The monoisotopic (exact) mass is 287 g/mol. The summed E-state index contributed by atoms with van der Waals surface area (Å²) >= 11 is 0. The van der Waals surface area contributed by atoms with E-state index in [2.05, 4.69) is 15.6 Å². The molecule has 6 heteroatoms. The Bertz CT molecular complexity index is 604. The molecule has 112 valence electrons. The van der Waals surface area contributed by atoms with E-state index in [-0.39, 0.29) is 5.91 Å². The lowest BCUT2D eigenvalue weighted by Gasteiger charge is -2.19. The molecule has 0 spiro atoms. The van der Waals surface area contributed by atoms with Gasteiger partial charge in [-0.2, -0.15) is 0 Å². The fourth-order valence-electron chi connectivity index (χ4n) is 2.12. The van der Waals surface area contributed by atoms with Crippen LogP contribution in [-0.2, 0) is 13.6 Å². The number of aromatic nitrogens is 3. The molecule has 0 aliphatic heterocycles. The van der Waals surface area contributed by atoms with Gasteiger partial charge in [-0.25, -0.2) is 0 Å². The number of hydrogen-bond acceptors (Lipinski definition) is 4. The first-order chi connectivity index (χ1) is 10.1. The Balaban J connectivity index is 2.05. The maximum absolute atomic E-state index is 12.3. The van der Waals surface area contributed by atoms with Gasteiger partial charge in [-0.15, -0.1) is 5.10 Å². The van der Waals surface area contributed by atoms with Crippen molar-refractivity contribution in [2.75, 3.05) is 18.4 Å². The summed E-state index contributed by atoms with van der Waals surface area (Å²) in [6, 6.07) is 7.54. The van der Waals surface area contributed by atoms with Crippen LogP contribution in [0.5, 0.6) is 0 Å². The van der Waals surface area contributed by atoms with Crippen molar-refractivity contribution in [2.45, 2.75) is 20.4 Å². The zero-order chi connectivity index (χ0) is 15.2. The Hall–Kier alpha value is -2.37. The summed E-state index contributed by atoms with van der Waals surface area (Å²) in [4.78, 5) is 14.1. The van der Waals surface area contributed by atoms with E-state index in [1.807, 2.05) is 56.3 Å². The summed E-state index contributed by atoms with van der Waals surface area (Å²) in [5.41, 5.74) is 2.46. The van der Waals surface area contributed by atoms with Crippen molar-refractivity contribution in [1.29, 1.82) is 0 Å². The number of carbonyl (C=O) groups excluding carboxylic acids is 1. The number of amides is 1. The van der Waals surface area contributed by atoms with Gasteiger partial charge in [0, 0.05) is 37.6 Å². The highest BCUT2D eigenvalue weighted by Crippen LogP contribution is 2.13. The second-order valence-corrected chi connectivity index (χ2v) is 4.80. The topological polar surface area (TPSA) is 63.1 Å². The van der Waals surface area contributed by atoms with Crippen LogP contribution >= 0.6 is 0 Å². The van der Waals surface area contributed by atoms with Gasteiger partial charge in [0.25, 0.3) is 5.91 Å². The highest BCUT2D eigenvalue weighted by atomic mass is 16.2. The van der Waals surface area contributed by atoms with Gasteiger partial charge >= 0.3 is 0 Å². The van der Waals surface area contributed by atoms with E-state index in [0.717, 1.165) is 11.4 Å². The normalized spacial score (nSPS) is 10.4. The molecule has 2 aromatic rings. The summed E-state index contributed by atoms with van der Waals surface area (Å²) < 4.78 is 1.66. The Kier molecular flexibility index (Phi) is 4.92. The first kappa shape index (κ1) is 15.0. The first-order valence-electron chi connectivity index (χ1n) is 7.12. The molecular formula is C15H21N5O. The van der Waals surface area contributed by atoms with Crippen LogP contribution in [0.4, 0.5) is 5.69 Å². The van der Waals surface area contributed by atoms with Crippen LogP contribution in [0.25, 0.3) is 0 Å². The molecule has 0 aliphatic carbocycles. The molecule has 0 saturated carbocycles. The number of hydrogen-bond donors (Lipinski definition) is 1. The zero-order valence-electron chi connectivity index (χ0n) is 12.7. The van der Waals surface area contributed by atoms with Crippen LogP contribution in [0.15, 0.2) is 30.5 Å². The maximum atomic E-state index is 12.3.